The summed E-state index contributed by atoms with van der Waals surface area (Å²) in [7, 11) is 0. The maximum atomic E-state index is 12.7. The summed E-state index contributed by atoms with van der Waals surface area (Å²) >= 11 is 0. The Bertz CT molecular complexity index is 1310. The second-order valence-electron chi connectivity index (χ2n) is 8.14. The van der Waals surface area contributed by atoms with Gasteiger partial charge in [-0.05, 0) is 51.8 Å². The molecule has 35 heavy (non-hydrogen) atoms. The molecule has 0 aromatic carbocycles. The highest BCUT2D eigenvalue weighted by Gasteiger charge is 2.35. The molecule has 3 aromatic heterocycles. The van der Waals surface area contributed by atoms with Crippen molar-refractivity contribution in [3.63, 3.8) is 0 Å². The molecule has 3 aromatic rings. The maximum absolute atomic E-state index is 12.7. The number of nitrogens with one attached hydrogen (secondary N) is 2. The van der Waals surface area contributed by atoms with Gasteiger partial charge in [0.15, 0.2) is 5.65 Å². The number of furan rings is 1. The molecule has 0 saturated heterocycles. The summed E-state index contributed by atoms with van der Waals surface area (Å²) in [5.74, 6) is -0.777. The quantitative estimate of drug-likeness (QED) is 0.469. The minimum Gasteiger partial charge on any atom is -0.467 e. The lowest BCUT2D eigenvalue weighted by Crippen LogP contribution is -2.47. The van der Waals surface area contributed by atoms with Gasteiger partial charge in [-0.25, -0.2) is 19.1 Å². The van der Waals surface area contributed by atoms with E-state index in [4.69, 9.17) is 13.9 Å². The van der Waals surface area contributed by atoms with Crippen LogP contribution in [0.4, 0.5) is 4.79 Å². The van der Waals surface area contributed by atoms with Crippen LogP contribution < -0.4 is 10.6 Å². The first-order chi connectivity index (χ1) is 16.8. The summed E-state index contributed by atoms with van der Waals surface area (Å²) < 4.78 is 17.7. The molecule has 4 heterocycles. The number of nitrogens with zero attached hydrogens (tertiary/aromatic N) is 3. The lowest BCUT2D eigenvalue weighted by atomic mass is 10.0. The zero-order valence-electron chi connectivity index (χ0n) is 20.0. The summed E-state index contributed by atoms with van der Waals surface area (Å²) in [5, 5.41) is 9.65. The molecule has 0 bridgehead atoms. The van der Waals surface area contributed by atoms with Crippen molar-refractivity contribution in [3.8, 4) is 0 Å². The van der Waals surface area contributed by atoms with Gasteiger partial charge in [-0.1, -0.05) is 0 Å². The van der Waals surface area contributed by atoms with Gasteiger partial charge in [-0.3, -0.25) is 4.79 Å². The van der Waals surface area contributed by atoms with E-state index in [1.807, 2.05) is 26.8 Å². The Hall–Kier alpha value is -4.15. The average Bonchev–Trinajstić information content (AvgIpc) is 3.47. The Morgan fingerprint density at radius 1 is 1.23 bits per heavy atom. The number of carbonyl (C=O) groups excluding carboxylic acids is 3. The maximum Gasteiger partial charge on any atom is 0.338 e. The van der Waals surface area contributed by atoms with E-state index in [-0.39, 0.29) is 30.9 Å². The molecule has 11 heteroatoms. The molecule has 0 saturated carbocycles. The number of ether oxygens (including phenoxy) is 2. The van der Waals surface area contributed by atoms with Gasteiger partial charge in [0.1, 0.15) is 18.4 Å². The first-order valence-electron chi connectivity index (χ1n) is 11.3. The van der Waals surface area contributed by atoms with Gasteiger partial charge in [-0.2, -0.15) is 5.10 Å². The molecule has 1 aliphatic heterocycles. The summed E-state index contributed by atoms with van der Waals surface area (Å²) in [6.07, 6.45) is 1.93. The van der Waals surface area contributed by atoms with E-state index in [9.17, 15) is 14.4 Å². The lowest BCUT2D eigenvalue weighted by Gasteiger charge is -2.27. The van der Waals surface area contributed by atoms with E-state index in [1.165, 1.54) is 6.26 Å². The predicted octanol–water partition coefficient (Wildman–Crippen LogP) is 2.59. The van der Waals surface area contributed by atoms with E-state index < -0.39 is 24.0 Å². The second kappa shape index (κ2) is 10.00. The molecule has 1 atom stereocenters. The Morgan fingerprint density at radius 2 is 2.03 bits per heavy atom. The van der Waals surface area contributed by atoms with Crippen molar-refractivity contribution >= 4 is 23.6 Å². The molecular weight excluding hydrogens is 454 g/mol. The summed E-state index contributed by atoms with van der Waals surface area (Å²) in [6, 6.07) is 3.76. The van der Waals surface area contributed by atoms with Crippen molar-refractivity contribution in [2.75, 3.05) is 13.2 Å². The molecular formula is C24H27N5O6. The van der Waals surface area contributed by atoms with Crippen molar-refractivity contribution in [2.45, 2.75) is 46.6 Å². The van der Waals surface area contributed by atoms with Crippen LogP contribution in [0.15, 0.2) is 40.1 Å². The number of urea groups is 1. The van der Waals surface area contributed by atoms with Gasteiger partial charge in [0.05, 0.1) is 29.8 Å². The van der Waals surface area contributed by atoms with Crippen molar-refractivity contribution < 1.29 is 28.3 Å². The molecule has 2 N–H and O–H groups in total. The number of amides is 2. The largest absolute Gasteiger partial charge is 0.467 e. The van der Waals surface area contributed by atoms with Crippen LogP contribution in [0, 0.1) is 20.8 Å². The van der Waals surface area contributed by atoms with Crippen LogP contribution in [0.1, 0.15) is 47.8 Å². The van der Waals surface area contributed by atoms with Gasteiger partial charge in [0.2, 0.25) is 0 Å². The number of hydrogen-bond acceptors (Lipinski definition) is 8. The topological polar surface area (TPSA) is 137 Å². The smallest absolute Gasteiger partial charge is 0.338 e. The van der Waals surface area contributed by atoms with Crippen LogP contribution in [0.5, 0.6) is 0 Å². The number of carbonyl (C=O) groups is 3. The fourth-order valence-corrected chi connectivity index (χ4v) is 4.11. The SMILES string of the molecule is CCOC(=O)C1=C(COC(=O)CCc2c(C)nc3cc(C)nn3c2C)NC(=O)NC1c1ccco1. The molecule has 184 valence electrons. The highest BCUT2D eigenvalue weighted by molar-refractivity contribution is 5.95. The Balaban J connectivity index is 1.49. The number of fused-ring (bicyclic) bond motifs is 1. The fraction of sp³-hybridized carbons (Fsp3) is 0.375. The minimum atomic E-state index is -0.868. The van der Waals surface area contributed by atoms with Gasteiger partial charge >= 0.3 is 18.0 Å². The first kappa shape index (κ1) is 24.0. The van der Waals surface area contributed by atoms with E-state index in [0.717, 1.165) is 28.3 Å². The van der Waals surface area contributed by atoms with Gasteiger partial charge < -0.3 is 24.5 Å². The zero-order valence-corrected chi connectivity index (χ0v) is 20.0. The van der Waals surface area contributed by atoms with Crippen LogP contribution in [-0.2, 0) is 25.5 Å². The van der Waals surface area contributed by atoms with Crippen LogP contribution in [-0.4, -0.2) is 45.8 Å². The molecule has 11 nitrogen and oxygen atoms in total. The van der Waals surface area contributed by atoms with Crippen LogP contribution in [0.3, 0.4) is 0 Å². The number of rotatable bonds is 8. The molecule has 0 radical (unpaired) electrons. The van der Waals surface area contributed by atoms with Gasteiger partial charge in [0, 0.05) is 23.9 Å². The van der Waals surface area contributed by atoms with Crippen molar-refractivity contribution in [1.82, 2.24) is 25.2 Å². The fourth-order valence-electron chi connectivity index (χ4n) is 4.11. The first-order valence-corrected chi connectivity index (χ1v) is 11.3. The Morgan fingerprint density at radius 3 is 2.74 bits per heavy atom. The summed E-state index contributed by atoms with van der Waals surface area (Å²) in [5.41, 5.74) is 4.52. The number of esters is 2. The van der Waals surface area contributed by atoms with Crippen molar-refractivity contribution in [2.24, 2.45) is 0 Å². The molecule has 4 rings (SSSR count). The standard InChI is InChI=1S/C24H27N5O6/c1-5-33-23(31)21-17(26-24(32)27-22(21)18-7-6-10-34-18)12-35-20(30)9-8-16-14(3)25-19-11-13(2)28-29(19)15(16)4/h6-7,10-11,22H,5,8-9,12H2,1-4H3,(H2,26,27,32). The zero-order chi connectivity index (χ0) is 25.1. The van der Waals surface area contributed by atoms with Crippen molar-refractivity contribution in [1.29, 1.82) is 0 Å². The molecule has 1 aliphatic rings. The van der Waals surface area contributed by atoms with Gasteiger partial charge in [-0.15, -0.1) is 0 Å². The minimum absolute atomic E-state index is 0.0882. The van der Waals surface area contributed by atoms with E-state index in [1.54, 1.807) is 23.6 Å². The highest BCUT2D eigenvalue weighted by Crippen LogP contribution is 2.28. The third-order valence-electron chi connectivity index (χ3n) is 5.72. The predicted molar refractivity (Wildman–Crippen MR) is 123 cm³/mol. The second-order valence-corrected chi connectivity index (χ2v) is 8.14. The highest BCUT2D eigenvalue weighted by atomic mass is 16.5. The monoisotopic (exact) mass is 481 g/mol. The average molecular weight is 482 g/mol. The van der Waals surface area contributed by atoms with E-state index in [0.29, 0.717) is 12.2 Å². The Kier molecular flexibility index (Phi) is 6.85. The molecule has 1 unspecified atom stereocenters. The van der Waals surface area contributed by atoms with E-state index >= 15 is 0 Å². The number of hydrogen-bond donors (Lipinski definition) is 2. The molecule has 0 aliphatic carbocycles. The third kappa shape index (κ3) is 5.03. The summed E-state index contributed by atoms with van der Waals surface area (Å²) in [6.45, 7) is 7.24. The van der Waals surface area contributed by atoms with Crippen LogP contribution in [0.25, 0.3) is 5.65 Å². The molecule has 2 amide bonds. The number of aryl methyl sites for hydroxylation is 3. The number of aromatic nitrogens is 3. The lowest BCUT2D eigenvalue weighted by molar-refractivity contribution is -0.143. The molecule has 0 spiro atoms. The van der Waals surface area contributed by atoms with Gasteiger partial charge in [0.25, 0.3) is 0 Å². The normalized spacial score (nSPS) is 15.7. The van der Waals surface area contributed by atoms with Crippen LogP contribution >= 0.6 is 0 Å². The summed E-state index contributed by atoms with van der Waals surface area (Å²) in [4.78, 5) is 42.1. The Labute approximate surface area is 201 Å². The van der Waals surface area contributed by atoms with Crippen LogP contribution in [0.2, 0.25) is 0 Å². The third-order valence-corrected chi connectivity index (χ3v) is 5.72. The van der Waals surface area contributed by atoms with Crippen molar-refractivity contribution in [3.05, 3.63) is 64.1 Å². The molecule has 0 fully saturated rings. The van der Waals surface area contributed by atoms with E-state index in [2.05, 4.69) is 20.7 Å².